The molecule has 1 fully saturated rings. The lowest BCUT2D eigenvalue weighted by Crippen LogP contribution is -2.63. The first-order valence-corrected chi connectivity index (χ1v) is 16.2. The van der Waals surface area contributed by atoms with E-state index < -0.39 is 67.1 Å². The van der Waals surface area contributed by atoms with Crippen molar-refractivity contribution in [1.29, 1.82) is 0 Å². The zero-order valence-electron chi connectivity index (χ0n) is 27.8. The number of aliphatic hydroxyl groups is 1. The van der Waals surface area contributed by atoms with E-state index in [2.05, 4.69) is 0 Å². The van der Waals surface area contributed by atoms with Crippen LogP contribution in [0.4, 0.5) is 0 Å². The number of carbonyl (C=O) groups excluding carboxylic acids is 3. The maximum absolute atomic E-state index is 14.0. The number of benzene rings is 3. The standard InChI is InChI=1S/C38H42O11/c1-43-28-19-12-20-29(44-2)31(28)37(42)47-32-30(23-39)46-38(45-3)34-33(32)48-35(40)26(21-24-13-6-4-7-14-24)17-10-11-18-27(36(41)49-34)22-25-15-8-5-9-16-25/h4-16,19-20,26-27,30,32-34,38-39H,17-18,21-23H2,1-3H3/t26-,27-,30-,32-,33+,34-,38+/m1/s1. The van der Waals surface area contributed by atoms with E-state index in [1.165, 1.54) is 21.3 Å². The summed E-state index contributed by atoms with van der Waals surface area (Å²) in [6.07, 6.45) is -1.50. The Bertz CT molecular complexity index is 1550. The molecule has 0 bridgehead atoms. The number of carbonyl (C=O) groups is 3. The number of hydrogen-bond acceptors (Lipinski definition) is 11. The molecule has 0 amide bonds. The van der Waals surface area contributed by atoms with Crippen molar-refractivity contribution in [2.75, 3.05) is 27.9 Å². The highest BCUT2D eigenvalue weighted by Gasteiger charge is 2.53. The fourth-order valence-corrected chi connectivity index (χ4v) is 6.16. The van der Waals surface area contributed by atoms with Gasteiger partial charge in [-0.2, -0.15) is 0 Å². The zero-order chi connectivity index (χ0) is 34.8. The molecule has 11 nitrogen and oxygen atoms in total. The van der Waals surface area contributed by atoms with E-state index >= 15 is 0 Å². The Morgan fingerprint density at radius 2 is 1.24 bits per heavy atom. The van der Waals surface area contributed by atoms with Gasteiger partial charge in [-0.15, -0.1) is 0 Å². The van der Waals surface area contributed by atoms with Crippen LogP contribution in [0.3, 0.4) is 0 Å². The molecule has 2 aliphatic heterocycles. The van der Waals surface area contributed by atoms with Crippen LogP contribution >= 0.6 is 0 Å². The first kappa shape index (κ1) is 35.6. The predicted octanol–water partition coefficient (Wildman–Crippen LogP) is 4.48. The molecule has 3 aromatic rings. The van der Waals surface area contributed by atoms with E-state index in [4.69, 9.17) is 33.2 Å². The average molecular weight is 675 g/mol. The van der Waals surface area contributed by atoms with E-state index in [9.17, 15) is 19.5 Å². The number of allylic oxidation sites excluding steroid dienone is 2. The van der Waals surface area contributed by atoms with Gasteiger partial charge in [-0.1, -0.05) is 78.9 Å². The second kappa shape index (κ2) is 17.1. The van der Waals surface area contributed by atoms with Gasteiger partial charge >= 0.3 is 17.9 Å². The van der Waals surface area contributed by atoms with Crippen molar-refractivity contribution >= 4 is 17.9 Å². The van der Waals surface area contributed by atoms with E-state index in [-0.39, 0.29) is 17.1 Å². The van der Waals surface area contributed by atoms with Crippen LogP contribution in [0.2, 0.25) is 0 Å². The van der Waals surface area contributed by atoms with Crippen LogP contribution in [0.5, 0.6) is 11.5 Å². The smallest absolute Gasteiger partial charge is 0.346 e. The van der Waals surface area contributed by atoms with E-state index in [1.807, 2.05) is 72.8 Å². The first-order chi connectivity index (χ1) is 23.9. The molecule has 0 radical (unpaired) electrons. The van der Waals surface area contributed by atoms with E-state index in [1.54, 1.807) is 18.2 Å². The molecular formula is C38H42O11. The molecule has 0 spiro atoms. The highest BCUT2D eigenvalue weighted by molar-refractivity contribution is 5.96. The van der Waals surface area contributed by atoms with Crippen molar-refractivity contribution in [2.24, 2.45) is 11.8 Å². The Labute approximate surface area is 285 Å². The van der Waals surface area contributed by atoms with Gasteiger partial charge < -0.3 is 38.3 Å². The van der Waals surface area contributed by atoms with Crippen molar-refractivity contribution < 1.29 is 52.6 Å². The molecule has 0 unspecified atom stereocenters. The summed E-state index contributed by atoms with van der Waals surface area (Å²) >= 11 is 0. The molecule has 3 aromatic carbocycles. The minimum atomic E-state index is -1.43. The summed E-state index contributed by atoms with van der Waals surface area (Å²) in [5.74, 6) is -2.97. The van der Waals surface area contributed by atoms with Gasteiger partial charge in [0.15, 0.2) is 24.6 Å². The Morgan fingerprint density at radius 3 is 1.71 bits per heavy atom. The van der Waals surface area contributed by atoms with Crippen LogP contribution in [0, 0.1) is 11.8 Å². The van der Waals surface area contributed by atoms with Crippen LogP contribution in [0.15, 0.2) is 91.0 Å². The van der Waals surface area contributed by atoms with Crippen LogP contribution in [0.25, 0.3) is 0 Å². The molecule has 1 N–H and O–H groups in total. The van der Waals surface area contributed by atoms with Gasteiger partial charge in [0.25, 0.3) is 0 Å². The van der Waals surface area contributed by atoms with Crippen molar-refractivity contribution in [3.8, 4) is 11.5 Å². The third kappa shape index (κ3) is 8.66. The zero-order valence-corrected chi connectivity index (χ0v) is 27.8. The largest absolute Gasteiger partial charge is 0.496 e. The van der Waals surface area contributed by atoms with Gasteiger partial charge in [-0.05, 0) is 48.9 Å². The Kier molecular flexibility index (Phi) is 12.4. The van der Waals surface area contributed by atoms with Gasteiger partial charge in [0, 0.05) is 7.11 Å². The van der Waals surface area contributed by atoms with Crippen LogP contribution < -0.4 is 9.47 Å². The third-order valence-electron chi connectivity index (χ3n) is 8.71. The second-order valence-corrected chi connectivity index (χ2v) is 11.9. The third-order valence-corrected chi connectivity index (χ3v) is 8.71. The summed E-state index contributed by atoms with van der Waals surface area (Å²) < 4.78 is 40.7. The Hall–Kier alpha value is -4.71. The summed E-state index contributed by atoms with van der Waals surface area (Å²) in [5.41, 5.74) is 1.84. The number of aliphatic hydroxyl groups excluding tert-OH is 1. The molecule has 1 saturated heterocycles. The quantitative estimate of drug-likeness (QED) is 0.185. The molecule has 0 saturated carbocycles. The van der Waals surface area contributed by atoms with Gasteiger partial charge in [0.1, 0.15) is 23.2 Å². The minimum absolute atomic E-state index is 0.0268. The van der Waals surface area contributed by atoms with Crippen molar-refractivity contribution in [2.45, 2.75) is 56.4 Å². The van der Waals surface area contributed by atoms with Crippen LogP contribution in [0.1, 0.15) is 34.3 Å². The summed E-state index contributed by atoms with van der Waals surface area (Å²) in [7, 11) is 4.13. The monoisotopic (exact) mass is 674 g/mol. The summed E-state index contributed by atoms with van der Waals surface area (Å²) in [4.78, 5) is 41.8. The van der Waals surface area contributed by atoms with Crippen LogP contribution in [-0.4, -0.2) is 81.7 Å². The van der Waals surface area contributed by atoms with E-state index in [0.29, 0.717) is 25.7 Å². The molecule has 0 aromatic heterocycles. The van der Waals surface area contributed by atoms with Crippen molar-refractivity contribution in [3.63, 3.8) is 0 Å². The Morgan fingerprint density at radius 1 is 0.735 bits per heavy atom. The topological polar surface area (TPSA) is 136 Å². The molecular weight excluding hydrogens is 632 g/mol. The molecule has 7 atom stereocenters. The van der Waals surface area contributed by atoms with Gasteiger partial charge in [0.05, 0.1) is 32.7 Å². The number of methoxy groups -OCH3 is 3. The lowest BCUT2D eigenvalue weighted by Gasteiger charge is -2.44. The van der Waals surface area contributed by atoms with Gasteiger partial charge in [-0.25, -0.2) is 4.79 Å². The maximum atomic E-state index is 14.0. The SMILES string of the molecule is COc1cccc(OC)c1C(=O)O[C@H]1[C@@H]2OC(=O)[C@@H](Cc3ccccc3)CC=CC[C@H](Cc3ccccc3)C(=O)O[C@H]2[C@@H](OC)O[C@@H]1CO. The van der Waals surface area contributed by atoms with E-state index in [0.717, 1.165) is 11.1 Å². The number of ether oxygens (including phenoxy) is 7. The number of esters is 3. The van der Waals surface area contributed by atoms with Crippen LogP contribution in [-0.2, 0) is 46.1 Å². The molecule has 5 rings (SSSR count). The summed E-state index contributed by atoms with van der Waals surface area (Å²) in [6, 6.07) is 23.9. The average Bonchev–Trinajstić information content (AvgIpc) is 3.13. The molecule has 2 aliphatic rings. The highest BCUT2D eigenvalue weighted by Crippen LogP contribution is 2.35. The lowest BCUT2D eigenvalue weighted by molar-refractivity contribution is -0.301. The van der Waals surface area contributed by atoms with Crippen molar-refractivity contribution in [3.05, 3.63) is 108 Å². The normalized spacial score (nSPS) is 25.8. The van der Waals surface area contributed by atoms with Crippen molar-refractivity contribution in [1.82, 2.24) is 0 Å². The fraction of sp³-hybridized carbons (Fsp3) is 0.395. The maximum Gasteiger partial charge on any atom is 0.346 e. The molecule has 49 heavy (non-hydrogen) atoms. The number of hydrogen-bond donors (Lipinski definition) is 1. The fourth-order valence-electron chi connectivity index (χ4n) is 6.16. The molecule has 11 heteroatoms. The second-order valence-electron chi connectivity index (χ2n) is 11.9. The minimum Gasteiger partial charge on any atom is -0.496 e. The lowest BCUT2D eigenvalue weighted by atomic mass is 9.92. The molecule has 0 aliphatic carbocycles. The predicted molar refractivity (Wildman–Crippen MR) is 177 cm³/mol. The highest BCUT2D eigenvalue weighted by atomic mass is 16.7. The molecule has 2 heterocycles. The number of fused-ring (bicyclic) bond motifs is 1. The molecule has 260 valence electrons. The summed E-state index contributed by atoms with van der Waals surface area (Å²) in [5, 5.41) is 10.5. The Balaban J connectivity index is 1.55. The summed E-state index contributed by atoms with van der Waals surface area (Å²) in [6.45, 7) is -0.637. The number of rotatable bonds is 10. The first-order valence-electron chi connectivity index (χ1n) is 16.2. The van der Waals surface area contributed by atoms with Gasteiger partial charge in [0.2, 0.25) is 0 Å². The van der Waals surface area contributed by atoms with Gasteiger partial charge in [-0.3, -0.25) is 9.59 Å².